The largest absolute Gasteiger partial charge is 0.456 e. The summed E-state index contributed by atoms with van der Waals surface area (Å²) < 4.78 is 6.33. The van der Waals surface area contributed by atoms with Crippen molar-refractivity contribution < 1.29 is 4.42 Å². The molecule has 0 N–H and O–H groups in total. The molecule has 1 heterocycles. The molecule has 0 aliphatic heterocycles. The maximum atomic E-state index is 6.33. The molecule has 0 aliphatic rings. The van der Waals surface area contributed by atoms with Gasteiger partial charge in [0.2, 0.25) is 0 Å². The fourth-order valence-electron chi connectivity index (χ4n) is 6.15. The standard InChI is InChI=1S/C34H22O/c1-19-15-26-27-18-32-28(23-11-7-8-14-31(23)35-32)17-30(27)34-25-13-6-4-10-22(25)21-9-3-5-12-24(21)33(34)29(26)16-20(19)2/h3-18H,1-2H3. The second-order valence-corrected chi connectivity index (χ2v) is 9.82. The lowest BCUT2D eigenvalue weighted by atomic mass is 9.85. The van der Waals surface area contributed by atoms with E-state index in [4.69, 9.17) is 4.42 Å². The van der Waals surface area contributed by atoms with Crippen LogP contribution in [0.2, 0.25) is 0 Å². The Morgan fingerprint density at radius 1 is 0.371 bits per heavy atom. The molecule has 35 heavy (non-hydrogen) atoms. The van der Waals surface area contributed by atoms with E-state index in [1.165, 1.54) is 75.8 Å². The van der Waals surface area contributed by atoms with E-state index in [0.717, 1.165) is 11.2 Å². The van der Waals surface area contributed by atoms with Crippen LogP contribution < -0.4 is 0 Å². The van der Waals surface area contributed by atoms with E-state index in [1.807, 2.05) is 6.07 Å². The summed E-state index contributed by atoms with van der Waals surface area (Å²) in [7, 11) is 0. The minimum absolute atomic E-state index is 0.939. The van der Waals surface area contributed by atoms with Crippen molar-refractivity contribution in [2.45, 2.75) is 13.8 Å². The summed E-state index contributed by atoms with van der Waals surface area (Å²) in [5.74, 6) is 0. The summed E-state index contributed by atoms with van der Waals surface area (Å²) in [6.07, 6.45) is 0. The van der Waals surface area contributed by atoms with Gasteiger partial charge in [-0.1, -0.05) is 78.9 Å². The molecule has 164 valence electrons. The van der Waals surface area contributed by atoms with Gasteiger partial charge in [0.1, 0.15) is 11.2 Å². The molecule has 0 amide bonds. The minimum Gasteiger partial charge on any atom is -0.456 e. The zero-order valence-corrected chi connectivity index (χ0v) is 19.6. The first kappa shape index (κ1) is 19.0. The van der Waals surface area contributed by atoms with Crippen LogP contribution in [0, 0.1) is 13.8 Å². The molecule has 0 radical (unpaired) electrons. The SMILES string of the molecule is Cc1cc2c3cc4oc5ccccc5c4cc3c3c4ccccc4c4ccccc4c3c2cc1C. The lowest BCUT2D eigenvalue weighted by Crippen LogP contribution is -1.90. The van der Waals surface area contributed by atoms with Crippen molar-refractivity contribution in [3.8, 4) is 0 Å². The minimum atomic E-state index is 0.939. The number of fused-ring (bicyclic) bond motifs is 14. The monoisotopic (exact) mass is 446 g/mol. The average molecular weight is 447 g/mol. The molecule has 7 aromatic carbocycles. The molecule has 1 aromatic heterocycles. The Balaban J connectivity index is 1.79. The van der Waals surface area contributed by atoms with Gasteiger partial charge in [-0.3, -0.25) is 0 Å². The van der Waals surface area contributed by atoms with E-state index in [2.05, 4.69) is 105 Å². The zero-order chi connectivity index (χ0) is 23.3. The van der Waals surface area contributed by atoms with Crippen LogP contribution in [0.3, 0.4) is 0 Å². The van der Waals surface area contributed by atoms with Crippen LogP contribution in [-0.4, -0.2) is 0 Å². The number of hydrogen-bond acceptors (Lipinski definition) is 1. The number of benzene rings is 7. The van der Waals surface area contributed by atoms with Gasteiger partial charge in [-0.15, -0.1) is 0 Å². The molecule has 0 unspecified atom stereocenters. The van der Waals surface area contributed by atoms with Crippen molar-refractivity contribution in [3.05, 3.63) is 108 Å². The van der Waals surface area contributed by atoms with E-state index in [9.17, 15) is 0 Å². The van der Waals surface area contributed by atoms with E-state index in [-0.39, 0.29) is 0 Å². The number of rotatable bonds is 0. The van der Waals surface area contributed by atoms with Crippen LogP contribution in [0.15, 0.2) is 101 Å². The van der Waals surface area contributed by atoms with Crippen molar-refractivity contribution >= 4 is 75.8 Å². The molecule has 0 fully saturated rings. The van der Waals surface area contributed by atoms with Gasteiger partial charge in [0.05, 0.1) is 0 Å². The van der Waals surface area contributed by atoms with Gasteiger partial charge in [0, 0.05) is 10.8 Å². The topological polar surface area (TPSA) is 13.1 Å². The fourth-order valence-corrected chi connectivity index (χ4v) is 6.15. The highest BCUT2D eigenvalue weighted by Crippen LogP contribution is 2.46. The number of aryl methyl sites for hydroxylation is 2. The Morgan fingerprint density at radius 3 is 1.51 bits per heavy atom. The molecule has 1 nitrogen and oxygen atoms in total. The summed E-state index contributed by atoms with van der Waals surface area (Å²) in [5, 5.41) is 15.4. The molecule has 0 saturated heterocycles. The smallest absolute Gasteiger partial charge is 0.136 e. The summed E-state index contributed by atoms with van der Waals surface area (Å²) >= 11 is 0. The van der Waals surface area contributed by atoms with Gasteiger partial charge in [-0.2, -0.15) is 0 Å². The molecule has 1 heteroatoms. The number of furan rings is 1. The van der Waals surface area contributed by atoms with Crippen LogP contribution in [0.5, 0.6) is 0 Å². The quantitative estimate of drug-likeness (QED) is 0.211. The van der Waals surface area contributed by atoms with E-state index in [1.54, 1.807) is 0 Å². The molecular formula is C34H22O. The average Bonchev–Trinajstić information content (AvgIpc) is 3.26. The molecule has 0 aliphatic carbocycles. The Hall–Kier alpha value is -4.36. The van der Waals surface area contributed by atoms with Crippen molar-refractivity contribution in [1.29, 1.82) is 0 Å². The van der Waals surface area contributed by atoms with Crippen molar-refractivity contribution in [2.75, 3.05) is 0 Å². The maximum Gasteiger partial charge on any atom is 0.136 e. The van der Waals surface area contributed by atoms with Crippen LogP contribution in [0.25, 0.3) is 75.8 Å². The second kappa shape index (κ2) is 6.61. The third kappa shape index (κ3) is 2.42. The highest BCUT2D eigenvalue weighted by molar-refractivity contribution is 6.40. The molecule has 8 aromatic rings. The van der Waals surface area contributed by atoms with Crippen LogP contribution in [-0.2, 0) is 0 Å². The van der Waals surface area contributed by atoms with Crippen molar-refractivity contribution in [1.82, 2.24) is 0 Å². The van der Waals surface area contributed by atoms with Gasteiger partial charge >= 0.3 is 0 Å². The number of hydrogen-bond donors (Lipinski definition) is 0. The van der Waals surface area contributed by atoms with Gasteiger partial charge in [-0.05, 0) is 97.0 Å². The highest BCUT2D eigenvalue weighted by Gasteiger charge is 2.18. The third-order valence-corrected chi connectivity index (χ3v) is 7.91. The Morgan fingerprint density at radius 2 is 0.857 bits per heavy atom. The Labute approximate surface area is 202 Å². The first-order valence-electron chi connectivity index (χ1n) is 12.2. The Bertz CT molecular complexity index is 2180. The molecule has 8 rings (SSSR count). The number of para-hydroxylation sites is 1. The highest BCUT2D eigenvalue weighted by atomic mass is 16.3. The summed E-state index contributed by atoms with van der Waals surface area (Å²) in [4.78, 5) is 0. The molecule has 0 spiro atoms. The Kier molecular flexibility index (Phi) is 3.59. The molecule has 0 bridgehead atoms. The van der Waals surface area contributed by atoms with Crippen molar-refractivity contribution in [2.24, 2.45) is 0 Å². The molecular weight excluding hydrogens is 424 g/mol. The van der Waals surface area contributed by atoms with Crippen LogP contribution in [0.4, 0.5) is 0 Å². The maximum absolute atomic E-state index is 6.33. The predicted octanol–water partition coefficient (Wildman–Crippen LogP) is 9.97. The molecule has 0 atom stereocenters. The predicted molar refractivity (Wildman–Crippen MR) is 151 cm³/mol. The normalized spacial score (nSPS) is 12.3. The van der Waals surface area contributed by atoms with Gasteiger partial charge in [-0.25, -0.2) is 0 Å². The van der Waals surface area contributed by atoms with Gasteiger partial charge < -0.3 is 4.42 Å². The van der Waals surface area contributed by atoms with Gasteiger partial charge in [0.25, 0.3) is 0 Å². The van der Waals surface area contributed by atoms with E-state index >= 15 is 0 Å². The van der Waals surface area contributed by atoms with E-state index in [0.29, 0.717) is 0 Å². The second-order valence-electron chi connectivity index (χ2n) is 9.82. The first-order chi connectivity index (χ1) is 17.2. The lowest BCUT2D eigenvalue weighted by molar-refractivity contribution is 0.669. The fraction of sp³-hybridized carbons (Fsp3) is 0.0588. The van der Waals surface area contributed by atoms with E-state index < -0.39 is 0 Å². The molecule has 0 saturated carbocycles. The summed E-state index contributed by atoms with van der Waals surface area (Å²) in [6.45, 7) is 4.43. The van der Waals surface area contributed by atoms with Crippen molar-refractivity contribution in [3.63, 3.8) is 0 Å². The third-order valence-electron chi connectivity index (χ3n) is 7.91. The summed E-state index contributed by atoms with van der Waals surface area (Å²) in [6, 6.07) is 35.5. The van der Waals surface area contributed by atoms with Gasteiger partial charge in [0.15, 0.2) is 0 Å². The lowest BCUT2D eigenvalue weighted by Gasteiger charge is -2.17. The first-order valence-corrected chi connectivity index (χ1v) is 12.2. The van der Waals surface area contributed by atoms with Crippen LogP contribution >= 0.6 is 0 Å². The zero-order valence-electron chi connectivity index (χ0n) is 19.6. The summed E-state index contributed by atoms with van der Waals surface area (Å²) in [5.41, 5.74) is 4.52. The van der Waals surface area contributed by atoms with Crippen LogP contribution in [0.1, 0.15) is 11.1 Å².